The number of thioether (sulfide) groups is 1. The van der Waals surface area contributed by atoms with Crippen molar-refractivity contribution >= 4 is 23.6 Å². The Morgan fingerprint density at radius 2 is 1.86 bits per heavy atom. The highest BCUT2D eigenvalue weighted by Gasteiger charge is 2.21. The number of benzene rings is 1. The van der Waals surface area contributed by atoms with Gasteiger partial charge in [0.15, 0.2) is 0 Å². The van der Waals surface area contributed by atoms with Crippen LogP contribution >= 0.6 is 11.8 Å². The molecule has 1 heterocycles. The first-order valence-electron chi connectivity index (χ1n) is 9.36. The van der Waals surface area contributed by atoms with Crippen LogP contribution in [-0.4, -0.2) is 54.3 Å². The Labute approximate surface area is 174 Å². The summed E-state index contributed by atoms with van der Waals surface area (Å²) in [5.41, 5.74) is 1.06. The molecular formula is C20H27N3O5S. The molecule has 0 bridgehead atoms. The standard InChI is InChI=1S/C20H27N3O5S/c1-26-16-7-5-4-6-14(16)8-10-18-22-23-19(28-18)11-9-17(24)21-15(12-13-29-3)20(25)27-2/h4-7,15H,8-13H2,1-3H3,(H,21,24)/t15-/m0/s1. The first-order valence-corrected chi connectivity index (χ1v) is 10.8. The van der Waals surface area contributed by atoms with Crippen LogP contribution in [0.15, 0.2) is 28.7 Å². The van der Waals surface area contributed by atoms with Crippen LogP contribution in [0.4, 0.5) is 0 Å². The molecular weight excluding hydrogens is 394 g/mol. The van der Waals surface area contributed by atoms with E-state index in [1.54, 1.807) is 18.9 Å². The molecule has 0 fully saturated rings. The minimum atomic E-state index is -0.640. The van der Waals surface area contributed by atoms with Gasteiger partial charge < -0.3 is 19.2 Å². The van der Waals surface area contributed by atoms with E-state index >= 15 is 0 Å². The molecule has 0 radical (unpaired) electrons. The number of carbonyl (C=O) groups is 2. The zero-order valence-electron chi connectivity index (χ0n) is 17.0. The molecule has 0 aliphatic rings. The van der Waals surface area contributed by atoms with E-state index in [1.807, 2.05) is 30.5 Å². The number of ether oxygens (including phenoxy) is 2. The number of methoxy groups -OCH3 is 2. The predicted octanol–water partition coefficient (Wildman–Crippen LogP) is 2.21. The second-order valence-electron chi connectivity index (χ2n) is 6.33. The number of hydrogen-bond acceptors (Lipinski definition) is 8. The summed E-state index contributed by atoms with van der Waals surface area (Å²) in [4.78, 5) is 23.9. The quantitative estimate of drug-likeness (QED) is 0.520. The molecule has 8 nitrogen and oxygen atoms in total. The van der Waals surface area contributed by atoms with E-state index in [9.17, 15) is 9.59 Å². The van der Waals surface area contributed by atoms with Crippen molar-refractivity contribution in [3.05, 3.63) is 41.6 Å². The second-order valence-corrected chi connectivity index (χ2v) is 7.31. The molecule has 9 heteroatoms. The molecule has 1 atom stereocenters. The summed E-state index contributed by atoms with van der Waals surface area (Å²) < 4.78 is 15.7. The minimum absolute atomic E-state index is 0.154. The first-order chi connectivity index (χ1) is 14.1. The van der Waals surface area contributed by atoms with Gasteiger partial charge in [0.2, 0.25) is 17.7 Å². The van der Waals surface area contributed by atoms with Crippen LogP contribution < -0.4 is 10.1 Å². The molecule has 2 rings (SSSR count). The number of para-hydroxylation sites is 1. The van der Waals surface area contributed by atoms with Gasteiger partial charge in [-0.2, -0.15) is 11.8 Å². The van der Waals surface area contributed by atoms with Gasteiger partial charge in [0, 0.05) is 19.3 Å². The Bertz CT molecular complexity index is 796. The number of nitrogens with one attached hydrogen (secondary N) is 1. The van der Waals surface area contributed by atoms with Gasteiger partial charge in [-0.15, -0.1) is 10.2 Å². The Morgan fingerprint density at radius 1 is 1.14 bits per heavy atom. The zero-order chi connectivity index (χ0) is 21.1. The third kappa shape index (κ3) is 7.41. The van der Waals surface area contributed by atoms with Gasteiger partial charge >= 0.3 is 5.97 Å². The van der Waals surface area contributed by atoms with Gasteiger partial charge in [-0.3, -0.25) is 4.79 Å². The van der Waals surface area contributed by atoms with E-state index in [-0.39, 0.29) is 12.3 Å². The molecule has 0 saturated heterocycles. The molecule has 158 valence electrons. The lowest BCUT2D eigenvalue weighted by atomic mass is 10.1. The Balaban J connectivity index is 1.81. The Kier molecular flexibility index (Phi) is 9.49. The molecule has 0 unspecified atom stereocenters. The molecule has 1 aromatic heterocycles. The van der Waals surface area contributed by atoms with Crippen LogP contribution in [-0.2, 0) is 33.6 Å². The molecule has 0 saturated carbocycles. The SMILES string of the molecule is COC(=O)[C@H](CCSC)NC(=O)CCc1nnc(CCc2ccccc2OC)o1. The molecule has 2 aromatic rings. The predicted molar refractivity (Wildman–Crippen MR) is 110 cm³/mol. The van der Waals surface area contributed by atoms with Crippen molar-refractivity contribution in [2.75, 3.05) is 26.2 Å². The highest BCUT2D eigenvalue weighted by molar-refractivity contribution is 7.98. The van der Waals surface area contributed by atoms with Crippen LogP contribution in [0.2, 0.25) is 0 Å². The molecule has 1 N–H and O–H groups in total. The summed E-state index contributed by atoms with van der Waals surface area (Å²) in [6.07, 6.45) is 4.22. The number of carbonyl (C=O) groups excluding carboxylic acids is 2. The molecule has 1 amide bonds. The molecule has 1 aromatic carbocycles. The van der Waals surface area contributed by atoms with Crippen molar-refractivity contribution in [3.8, 4) is 5.75 Å². The number of aromatic nitrogens is 2. The maximum Gasteiger partial charge on any atom is 0.328 e. The number of amides is 1. The average molecular weight is 422 g/mol. The van der Waals surface area contributed by atoms with Crippen molar-refractivity contribution in [3.63, 3.8) is 0 Å². The number of aryl methyl sites for hydroxylation is 3. The number of nitrogens with zero attached hydrogens (tertiary/aromatic N) is 2. The third-order valence-electron chi connectivity index (χ3n) is 4.31. The fourth-order valence-electron chi connectivity index (χ4n) is 2.76. The molecule has 0 spiro atoms. The molecule has 0 aliphatic carbocycles. The summed E-state index contributed by atoms with van der Waals surface area (Å²) in [5, 5.41) is 10.8. The topological polar surface area (TPSA) is 104 Å². The Morgan fingerprint density at radius 3 is 2.55 bits per heavy atom. The van der Waals surface area contributed by atoms with E-state index in [0.29, 0.717) is 37.5 Å². The number of hydrogen-bond donors (Lipinski definition) is 1. The lowest BCUT2D eigenvalue weighted by Crippen LogP contribution is -2.42. The van der Waals surface area contributed by atoms with Crippen LogP contribution in [0.3, 0.4) is 0 Å². The third-order valence-corrected chi connectivity index (χ3v) is 4.95. The van der Waals surface area contributed by atoms with Crippen molar-refractivity contribution in [2.24, 2.45) is 0 Å². The van der Waals surface area contributed by atoms with Crippen molar-refractivity contribution in [1.82, 2.24) is 15.5 Å². The van der Waals surface area contributed by atoms with Gasteiger partial charge in [0.25, 0.3) is 0 Å². The van der Waals surface area contributed by atoms with Crippen molar-refractivity contribution in [2.45, 2.75) is 38.1 Å². The lowest BCUT2D eigenvalue weighted by Gasteiger charge is -2.15. The van der Waals surface area contributed by atoms with Gasteiger partial charge in [-0.05, 0) is 36.5 Å². The van der Waals surface area contributed by atoms with Crippen LogP contribution in [0.5, 0.6) is 5.75 Å². The van der Waals surface area contributed by atoms with Crippen LogP contribution in [0.25, 0.3) is 0 Å². The van der Waals surface area contributed by atoms with E-state index in [2.05, 4.69) is 15.5 Å². The van der Waals surface area contributed by atoms with Gasteiger partial charge in [0.1, 0.15) is 11.8 Å². The maximum atomic E-state index is 12.2. The fraction of sp³-hybridized carbons (Fsp3) is 0.500. The summed E-state index contributed by atoms with van der Waals surface area (Å²) in [6.45, 7) is 0. The van der Waals surface area contributed by atoms with Gasteiger partial charge in [-0.1, -0.05) is 18.2 Å². The number of esters is 1. The van der Waals surface area contributed by atoms with Crippen molar-refractivity contribution in [1.29, 1.82) is 0 Å². The normalized spacial score (nSPS) is 11.7. The van der Waals surface area contributed by atoms with E-state index in [0.717, 1.165) is 17.1 Å². The summed E-state index contributed by atoms with van der Waals surface area (Å²) in [5.74, 6) is 1.79. The van der Waals surface area contributed by atoms with E-state index in [1.165, 1.54) is 7.11 Å². The highest BCUT2D eigenvalue weighted by Crippen LogP contribution is 2.19. The summed E-state index contributed by atoms with van der Waals surface area (Å²) >= 11 is 1.60. The maximum absolute atomic E-state index is 12.2. The monoisotopic (exact) mass is 421 g/mol. The molecule has 0 aliphatic heterocycles. The Hall–Kier alpha value is -2.55. The highest BCUT2D eigenvalue weighted by atomic mass is 32.2. The van der Waals surface area contributed by atoms with Crippen LogP contribution in [0, 0.1) is 0 Å². The number of rotatable bonds is 12. The van der Waals surface area contributed by atoms with Gasteiger partial charge in [0.05, 0.1) is 14.2 Å². The van der Waals surface area contributed by atoms with Crippen LogP contribution in [0.1, 0.15) is 30.2 Å². The van der Waals surface area contributed by atoms with E-state index < -0.39 is 12.0 Å². The van der Waals surface area contributed by atoms with E-state index in [4.69, 9.17) is 13.9 Å². The van der Waals surface area contributed by atoms with Crippen molar-refractivity contribution < 1.29 is 23.5 Å². The smallest absolute Gasteiger partial charge is 0.328 e. The first kappa shape index (κ1) is 22.7. The average Bonchev–Trinajstić information content (AvgIpc) is 3.21. The largest absolute Gasteiger partial charge is 0.496 e. The lowest BCUT2D eigenvalue weighted by molar-refractivity contribution is -0.145. The minimum Gasteiger partial charge on any atom is -0.496 e. The fourth-order valence-corrected chi connectivity index (χ4v) is 3.23. The second kappa shape index (κ2) is 12.1. The van der Waals surface area contributed by atoms with Gasteiger partial charge in [-0.25, -0.2) is 4.79 Å². The molecule has 29 heavy (non-hydrogen) atoms. The summed E-state index contributed by atoms with van der Waals surface area (Å²) in [6, 6.07) is 7.14. The zero-order valence-corrected chi connectivity index (χ0v) is 17.8. The summed E-state index contributed by atoms with van der Waals surface area (Å²) in [7, 11) is 2.95.